The van der Waals surface area contributed by atoms with Crippen molar-refractivity contribution in [2.45, 2.75) is 89.3 Å². The van der Waals surface area contributed by atoms with E-state index in [2.05, 4.69) is 19.2 Å². The van der Waals surface area contributed by atoms with Gasteiger partial charge in [-0.15, -0.1) is 0 Å². The van der Waals surface area contributed by atoms with Crippen molar-refractivity contribution in [3.63, 3.8) is 0 Å². The number of carbonyl (C=O) groups is 2. The molecule has 3 fully saturated rings. The van der Waals surface area contributed by atoms with Crippen LogP contribution in [-0.2, 0) is 9.59 Å². The fourth-order valence-electron chi connectivity index (χ4n) is 4.49. The summed E-state index contributed by atoms with van der Waals surface area (Å²) in [6.45, 7) is 6.25. The van der Waals surface area contributed by atoms with Crippen molar-refractivity contribution in [3.05, 3.63) is 0 Å². The molecule has 1 saturated heterocycles. The second-order valence-corrected chi connectivity index (χ2v) is 7.31. The van der Waals surface area contributed by atoms with Gasteiger partial charge in [-0.25, -0.2) is 0 Å². The highest BCUT2D eigenvalue weighted by molar-refractivity contribution is 6.03. The first-order valence-corrected chi connectivity index (χ1v) is 8.66. The van der Waals surface area contributed by atoms with Gasteiger partial charge in [-0.3, -0.25) is 9.59 Å². The molecule has 1 spiro atoms. The van der Waals surface area contributed by atoms with E-state index < -0.39 is 11.1 Å². The maximum atomic E-state index is 13.3. The van der Waals surface area contributed by atoms with E-state index in [0.717, 1.165) is 51.4 Å². The molecule has 1 aliphatic heterocycles. The zero-order valence-corrected chi connectivity index (χ0v) is 13.6. The molecule has 0 bridgehead atoms. The Kier molecular flexibility index (Phi) is 3.53. The molecule has 4 nitrogen and oxygen atoms in total. The van der Waals surface area contributed by atoms with E-state index >= 15 is 0 Å². The first-order valence-electron chi connectivity index (χ1n) is 8.66. The summed E-state index contributed by atoms with van der Waals surface area (Å²) in [5.74, 6) is 0.641. The van der Waals surface area contributed by atoms with E-state index in [-0.39, 0.29) is 17.9 Å². The molecule has 1 unspecified atom stereocenters. The standard InChI is InChI=1S/C17H28N2O2/c1-4-13(5-2)19-15(21)17(10-6-7-11-17)18-14(20)16(19,3)12-8-9-12/h12-13H,4-11H2,1-3H3,(H,18,20). The maximum absolute atomic E-state index is 13.3. The lowest BCUT2D eigenvalue weighted by molar-refractivity contribution is -0.167. The van der Waals surface area contributed by atoms with Gasteiger partial charge in [0, 0.05) is 6.04 Å². The fraction of sp³-hybridized carbons (Fsp3) is 0.882. The lowest BCUT2D eigenvalue weighted by atomic mass is 9.80. The van der Waals surface area contributed by atoms with Crippen LogP contribution in [0.5, 0.6) is 0 Å². The summed E-state index contributed by atoms with van der Waals surface area (Å²) in [6, 6.07) is 0.187. The Morgan fingerprint density at radius 3 is 2.24 bits per heavy atom. The second-order valence-electron chi connectivity index (χ2n) is 7.31. The monoisotopic (exact) mass is 292 g/mol. The van der Waals surface area contributed by atoms with Gasteiger partial charge in [0.25, 0.3) is 0 Å². The first-order chi connectivity index (χ1) is 9.99. The minimum atomic E-state index is -0.623. The Labute approximate surface area is 127 Å². The maximum Gasteiger partial charge on any atom is 0.249 e. The molecule has 0 aromatic heterocycles. The molecule has 0 aromatic rings. The van der Waals surface area contributed by atoms with Crippen LogP contribution < -0.4 is 5.32 Å². The van der Waals surface area contributed by atoms with E-state index in [1.54, 1.807) is 0 Å². The quantitative estimate of drug-likeness (QED) is 0.866. The Morgan fingerprint density at radius 2 is 1.76 bits per heavy atom. The third-order valence-corrected chi connectivity index (χ3v) is 6.08. The number of hydrogen-bond donors (Lipinski definition) is 1. The molecule has 2 amide bonds. The molecule has 0 aromatic carbocycles. The van der Waals surface area contributed by atoms with Gasteiger partial charge in [0.1, 0.15) is 11.1 Å². The molecule has 118 valence electrons. The summed E-state index contributed by atoms with van der Waals surface area (Å²) in [5.41, 5.74) is -1.21. The molecular weight excluding hydrogens is 264 g/mol. The molecule has 2 saturated carbocycles. The van der Waals surface area contributed by atoms with Crippen LogP contribution in [0.4, 0.5) is 0 Å². The normalized spacial score (nSPS) is 32.1. The number of piperazine rings is 1. The Bertz CT molecular complexity index is 448. The predicted molar refractivity (Wildman–Crippen MR) is 81.7 cm³/mol. The molecule has 1 N–H and O–H groups in total. The van der Waals surface area contributed by atoms with Crippen LogP contribution in [0.15, 0.2) is 0 Å². The number of amides is 2. The third kappa shape index (κ3) is 2.01. The lowest BCUT2D eigenvalue weighted by Gasteiger charge is -2.53. The van der Waals surface area contributed by atoms with E-state index in [9.17, 15) is 9.59 Å². The molecule has 1 atom stereocenters. The van der Waals surface area contributed by atoms with Gasteiger partial charge in [0.2, 0.25) is 11.8 Å². The average molecular weight is 292 g/mol. The smallest absolute Gasteiger partial charge is 0.249 e. The van der Waals surface area contributed by atoms with Crippen LogP contribution in [0.1, 0.15) is 72.1 Å². The number of rotatable bonds is 4. The highest BCUT2D eigenvalue weighted by Crippen LogP contribution is 2.49. The third-order valence-electron chi connectivity index (χ3n) is 6.08. The van der Waals surface area contributed by atoms with Gasteiger partial charge in [0.05, 0.1) is 0 Å². The van der Waals surface area contributed by atoms with Gasteiger partial charge in [-0.2, -0.15) is 0 Å². The Balaban J connectivity index is 2.02. The fourth-order valence-corrected chi connectivity index (χ4v) is 4.49. The molecule has 2 aliphatic carbocycles. The van der Waals surface area contributed by atoms with Crippen LogP contribution >= 0.6 is 0 Å². The van der Waals surface area contributed by atoms with Gasteiger partial charge in [-0.1, -0.05) is 26.7 Å². The number of nitrogens with zero attached hydrogens (tertiary/aromatic N) is 1. The number of nitrogens with one attached hydrogen (secondary N) is 1. The summed E-state index contributed by atoms with van der Waals surface area (Å²) in [4.78, 5) is 28.3. The van der Waals surface area contributed by atoms with Crippen LogP contribution in [-0.4, -0.2) is 33.8 Å². The largest absolute Gasteiger partial charge is 0.340 e. The Morgan fingerprint density at radius 1 is 1.19 bits per heavy atom. The summed E-state index contributed by atoms with van der Waals surface area (Å²) in [6.07, 6.45) is 7.71. The predicted octanol–water partition coefficient (Wildman–Crippen LogP) is 2.61. The van der Waals surface area contributed by atoms with Crippen molar-refractivity contribution in [1.29, 1.82) is 0 Å². The molecular formula is C17H28N2O2. The number of hydrogen-bond acceptors (Lipinski definition) is 2. The van der Waals surface area contributed by atoms with E-state index in [4.69, 9.17) is 0 Å². The van der Waals surface area contributed by atoms with Crippen molar-refractivity contribution >= 4 is 11.8 Å². The number of carbonyl (C=O) groups excluding carboxylic acids is 2. The average Bonchev–Trinajstić information content (AvgIpc) is 3.23. The molecule has 1 heterocycles. The Hall–Kier alpha value is -1.06. The zero-order chi connectivity index (χ0) is 15.3. The van der Waals surface area contributed by atoms with Crippen molar-refractivity contribution in [3.8, 4) is 0 Å². The van der Waals surface area contributed by atoms with Crippen molar-refractivity contribution in [2.24, 2.45) is 5.92 Å². The summed E-state index contributed by atoms with van der Waals surface area (Å²) >= 11 is 0. The van der Waals surface area contributed by atoms with Crippen molar-refractivity contribution < 1.29 is 9.59 Å². The minimum absolute atomic E-state index is 0.0957. The molecule has 21 heavy (non-hydrogen) atoms. The van der Waals surface area contributed by atoms with Crippen LogP contribution in [0.2, 0.25) is 0 Å². The van der Waals surface area contributed by atoms with Gasteiger partial charge in [-0.05, 0) is 51.4 Å². The van der Waals surface area contributed by atoms with E-state index in [0.29, 0.717) is 5.92 Å². The van der Waals surface area contributed by atoms with Crippen molar-refractivity contribution in [2.75, 3.05) is 0 Å². The SMILES string of the molecule is CCC(CC)N1C(=O)C2(CCCC2)NC(=O)C1(C)C1CC1. The first kappa shape index (κ1) is 14.9. The van der Waals surface area contributed by atoms with Crippen molar-refractivity contribution in [1.82, 2.24) is 10.2 Å². The summed E-state index contributed by atoms with van der Waals surface area (Å²) in [7, 11) is 0. The molecule has 0 radical (unpaired) electrons. The van der Waals surface area contributed by atoms with E-state index in [1.165, 1.54) is 0 Å². The van der Waals surface area contributed by atoms with Gasteiger partial charge >= 0.3 is 0 Å². The van der Waals surface area contributed by atoms with Gasteiger partial charge < -0.3 is 10.2 Å². The zero-order valence-electron chi connectivity index (χ0n) is 13.6. The highest BCUT2D eigenvalue weighted by atomic mass is 16.2. The lowest BCUT2D eigenvalue weighted by Crippen LogP contribution is -2.76. The highest BCUT2D eigenvalue weighted by Gasteiger charge is 2.62. The molecule has 4 heteroatoms. The van der Waals surface area contributed by atoms with Gasteiger partial charge in [0.15, 0.2) is 0 Å². The summed E-state index contributed by atoms with van der Waals surface area (Å²) in [5, 5.41) is 3.16. The van der Waals surface area contributed by atoms with Crippen LogP contribution in [0.3, 0.4) is 0 Å². The second kappa shape index (κ2) is 4.99. The topological polar surface area (TPSA) is 49.4 Å². The molecule has 3 aliphatic rings. The van der Waals surface area contributed by atoms with Crippen LogP contribution in [0, 0.1) is 5.92 Å². The molecule has 3 rings (SSSR count). The summed E-state index contributed by atoms with van der Waals surface area (Å²) < 4.78 is 0. The van der Waals surface area contributed by atoms with Crippen LogP contribution in [0.25, 0.3) is 0 Å². The minimum Gasteiger partial charge on any atom is -0.340 e. The van der Waals surface area contributed by atoms with E-state index in [1.807, 2.05) is 11.8 Å².